The summed E-state index contributed by atoms with van der Waals surface area (Å²) in [5, 5.41) is 4.24. The van der Waals surface area contributed by atoms with Crippen molar-refractivity contribution < 1.29 is 4.79 Å². The first-order chi connectivity index (χ1) is 10.6. The smallest absolute Gasteiger partial charge is 0.340 e. The summed E-state index contributed by atoms with van der Waals surface area (Å²) in [7, 11) is 0. The zero-order valence-corrected chi connectivity index (χ0v) is 12.7. The third-order valence-corrected chi connectivity index (χ3v) is 4.34. The fourth-order valence-corrected chi connectivity index (χ4v) is 3.12. The standard InChI is InChI=1S/C15H21N5O2/c1-11-8-12(9-16)10-19(11)14(21)5-7-20-15(22)18-6-3-2-4-13(18)17-20/h2-4,6,11-12H,5,7-10,16H2,1H3. The molecule has 2 N–H and O–H groups in total. The third-order valence-electron chi connectivity index (χ3n) is 4.34. The molecule has 0 aromatic carbocycles. The molecule has 0 radical (unpaired) electrons. The number of hydrogen-bond acceptors (Lipinski definition) is 4. The van der Waals surface area contributed by atoms with Crippen molar-refractivity contribution in [3.63, 3.8) is 0 Å². The lowest BCUT2D eigenvalue weighted by Crippen LogP contribution is -2.35. The summed E-state index contributed by atoms with van der Waals surface area (Å²) in [6.07, 6.45) is 2.92. The normalized spacial score (nSPS) is 21.6. The van der Waals surface area contributed by atoms with E-state index in [9.17, 15) is 9.59 Å². The zero-order chi connectivity index (χ0) is 15.7. The van der Waals surface area contributed by atoms with Crippen LogP contribution in [0, 0.1) is 5.92 Å². The van der Waals surface area contributed by atoms with Crippen LogP contribution in [0.1, 0.15) is 19.8 Å². The number of nitrogens with two attached hydrogens (primary N) is 1. The molecule has 2 aromatic rings. The predicted octanol–water partition coefficient (Wildman–Crippen LogP) is 0.0818. The van der Waals surface area contributed by atoms with E-state index in [-0.39, 0.29) is 24.1 Å². The Morgan fingerprint density at radius 3 is 2.95 bits per heavy atom. The number of likely N-dealkylation sites (tertiary alicyclic amines) is 1. The molecule has 1 aliphatic rings. The molecule has 1 saturated heterocycles. The maximum Gasteiger partial charge on any atom is 0.350 e. The van der Waals surface area contributed by atoms with Crippen LogP contribution in [0.3, 0.4) is 0 Å². The van der Waals surface area contributed by atoms with Gasteiger partial charge in [0.2, 0.25) is 5.91 Å². The van der Waals surface area contributed by atoms with Gasteiger partial charge in [0, 0.05) is 25.2 Å². The van der Waals surface area contributed by atoms with Crippen LogP contribution in [0.4, 0.5) is 0 Å². The molecular weight excluding hydrogens is 282 g/mol. The summed E-state index contributed by atoms with van der Waals surface area (Å²) in [5.74, 6) is 0.448. The molecule has 0 spiro atoms. The zero-order valence-electron chi connectivity index (χ0n) is 12.7. The molecule has 1 aliphatic heterocycles. The molecule has 2 atom stereocenters. The molecule has 22 heavy (non-hydrogen) atoms. The number of carbonyl (C=O) groups is 1. The summed E-state index contributed by atoms with van der Waals surface area (Å²) < 4.78 is 2.84. The summed E-state index contributed by atoms with van der Waals surface area (Å²) in [5.41, 5.74) is 6.07. The van der Waals surface area contributed by atoms with Crippen LogP contribution < -0.4 is 11.4 Å². The van der Waals surface area contributed by atoms with Gasteiger partial charge in [-0.15, -0.1) is 5.10 Å². The van der Waals surface area contributed by atoms with E-state index in [1.807, 2.05) is 17.9 Å². The Morgan fingerprint density at radius 2 is 2.27 bits per heavy atom. The highest BCUT2D eigenvalue weighted by Gasteiger charge is 2.31. The Bertz CT molecular complexity index is 735. The lowest BCUT2D eigenvalue weighted by atomic mass is 10.1. The Labute approximate surface area is 128 Å². The number of aromatic nitrogens is 3. The molecule has 1 fully saturated rings. The number of aryl methyl sites for hydroxylation is 1. The Morgan fingerprint density at radius 1 is 1.45 bits per heavy atom. The average Bonchev–Trinajstić information content (AvgIpc) is 3.06. The summed E-state index contributed by atoms with van der Waals surface area (Å²) in [6.45, 7) is 3.68. The number of carbonyl (C=O) groups excluding carboxylic acids is 1. The van der Waals surface area contributed by atoms with Gasteiger partial charge in [0.15, 0.2) is 5.65 Å². The second kappa shape index (κ2) is 5.92. The first-order valence-electron chi connectivity index (χ1n) is 7.64. The highest BCUT2D eigenvalue weighted by atomic mass is 16.2. The molecule has 2 aromatic heterocycles. The number of pyridine rings is 1. The predicted molar refractivity (Wildman–Crippen MR) is 82.4 cm³/mol. The topological polar surface area (TPSA) is 85.6 Å². The Balaban J connectivity index is 1.68. The monoisotopic (exact) mass is 303 g/mol. The highest BCUT2D eigenvalue weighted by Crippen LogP contribution is 2.22. The molecular formula is C15H21N5O2. The van der Waals surface area contributed by atoms with E-state index in [1.165, 1.54) is 9.08 Å². The number of nitrogens with zero attached hydrogens (tertiary/aromatic N) is 4. The van der Waals surface area contributed by atoms with Crippen LogP contribution >= 0.6 is 0 Å². The lowest BCUT2D eigenvalue weighted by molar-refractivity contribution is -0.132. The number of amides is 1. The van der Waals surface area contributed by atoms with E-state index in [0.717, 1.165) is 13.0 Å². The van der Waals surface area contributed by atoms with E-state index in [1.54, 1.807) is 18.3 Å². The van der Waals surface area contributed by atoms with Crippen LogP contribution in [0.5, 0.6) is 0 Å². The second-order valence-electron chi connectivity index (χ2n) is 5.92. The molecule has 0 bridgehead atoms. The van der Waals surface area contributed by atoms with Crippen molar-refractivity contribution in [2.75, 3.05) is 13.1 Å². The van der Waals surface area contributed by atoms with Gasteiger partial charge in [-0.1, -0.05) is 6.07 Å². The molecule has 2 unspecified atom stereocenters. The van der Waals surface area contributed by atoms with Gasteiger partial charge in [-0.05, 0) is 37.9 Å². The summed E-state index contributed by atoms with van der Waals surface area (Å²) in [4.78, 5) is 26.4. The van der Waals surface area contributed by atoms with Gasteiger partial charge in [-0.2, -0.15) is 0 Å². The maximum atomic E-state index is 12.4. The van der Waals surface area contributed by atoms with Gasteiger partial charge in [0.05, 0.1) is 6.54 Å². The van der Waals surface area contributed by atoms with Crippen LogP contribution in [-0.4, -0.2) is 44.1 Å². The van der Waals surface area contributed by atoms with Gasteiger partial charge in [-0.25, -0.2) is 9.48 Å². The van der Waals surface area contributed by atoms with Crippen molar-refractivity contribution in [1.29, 1.82) is 0 Å². The maximum absolute atomic E-state index is 12.4. The molecule has 3 rings (SSSR count). The SMILES string of the molecule is CC1CC(CN)CN1C(=O)CCn1nc2ccccn2c1=O. The van der Waals surface area contributed by atoms with Crippen LogP contribution in [0.25, 0.3) is 5.65 Å². The van der Waals surface area contributed by atoms with Crippen molar-refractivity contribution in [1.82, 2.24) is 19.1 Å². The first kappa shape index (κ1) is 14.8. The molecule has 1 amide bonds. The van der Waals surface area contributed by atoms with E-state index >= 15 is 0 Å². The Hall–Kier alpha value is -2.15. The number of hydrogen-bond donors (Lipinski definition) is 1. The second-order valence-corrected chi connectivity index (χ2v) is 5.92. The third kappa shape index (κ3) is 2.64. The van der Waals surface area contributed by atoms with Crippen LogP contribution in [0.2, 0.25) is 0 Å². The van der Waals surface area contributed by atoms with Gasteiger partial charge in [0.25, 0.3) is 0 Å². The largest absolute Gasteiger partial charge is 0.350 e. The van der Waals surface area contributed by atoms with Gasteiger partial charge in [0.1, 0.15) is 0 Å². The van der Waals surface area contributed by atoms with E-state index in [2.05, 4.69) is 5.10 Å². The van der Waals surface area contributed by atoms with Gasteiger partial charge in [-0.3, -0.25) is 9.20 Å². The van der Waals surface area contributed by atoms with Crippen LogP contribution in [-0.2, 0) is 11.3 Å². The molecule has 118 valence electrons. The van der Waals surface area contributed by atoms with E-state index in [4.69, 9.17) is 5.73 Å². The van der Waals surface area contributed by atoms with Crippen molar-refractivity contribution in [2.24, 2.45) is 11.7 Å². The lowest BCUT2D eigenvalue weighted by Gasteiger charge is -2.21. The van der Waals surface area contributed by atoms with Crippen molar-refractivity contribution in [3.8, 4) is 0 Å². The minimum absolute atomic E-state index is 0.0624. The minimum Gasteiger partial charge on any atom is -0.340 e. The fourth-order valence-electron chi connectivity index (χ4n) is 3.12. The number of rotatable bonds is 4. The van der Waals surface area contributed by atoms with Gasteiger partial charge >= 0.3 is 5.69 Å². The van der Waals surface area contributed by atoms with E-state index in [0.29, 0.717) is 24.7 Å². The van der Waals surface area contributed by atoms with E-state index < -0.39 is 0 Å². The van der Waals surface area contributed by atoms with Crippen molar-refractivity contribution in [3.05, 3.63) is 34.9 Å². The number of fused-ring (bicyclic) bond motifs is 1. The van der Waals surface area contributed by atoms with Crippen molar-refractivity contribution in [2.45, 2.75) is 32.4 Å². The molecule has 0 saturated carbocycles. The quantitative estimate of drug-likeness (QED) is 0.867. The molecule has 0 aliphatic carbocycles. The Kier molecular flexibility index (Phi) is 3.98. The molecule has 7 nitrogen and oxygen atoms in total. The fraction of sp³-hybridized carbons (Fsp3) is 0.533. The average molecular weight is 303 g/mol. The molecule has 3 heterocycles. The summed E-state index contributed by atoms with van der Waals surface area (Å²) >= 11 is 0. The minimum atomic E-state index is -0.210. The summed E-state index contributed by atoms with van der Waals surface area (Å²) in [6, 6.07) is 5.60. The van der Waals surface area contributed by atoms with Crippen LogP contribution in [0.15, 0.2) is 29.2 Å². The van der Waals surface area contributed by atoms with Crippen molar-refractivity contribution >= 4 is 11.6 Å². The highest BCUT2D eigenvalue weighted by molar-refractivity contribution is 5.76. The first-order valence-corrected chi connectivity index (χ1v) is 7.64. The molecule has 7 heteroatoms. The van der Waals surface area contributed by atoms with Gasteiger partial charge < -0.3 is 10.6 Å².